The molecule has 0 radical (unpaired) electrons. The Labute approximate surface area is 83.8 Å². The van der Waals surface area contributed by atoms with E-state index in [1.54, 1.807) is 6.34 Å². The molecule has 0 spiro atoms. The lowest BCUT2D eigenvalue weighted by Gasteiger charge is -1.98. The summed E-state index contributed by atoms with van der Waals surface area (Å²) < 4.78 is 0. The zero-order chi connectivity index (χ0) is 9.64. The minimum atomic E-state index is 0.754. The first-order valence-corrected chi connectivity index (χ1v) is 4.90. The third-order valence-electron chi connectivity index (χ3n) is 2.14. The first-order valence-electron chi connectivity index (χ1n) is 4.90. The summed E-state index contributed by atoms with van der Waals surface area (Å²) in [7, 11) is 0. The molecular formula is C11H14N2O. The fourth-order valence-corrected chi connectivity index (χ4v) is 1.11. The van der Waals surface area contributed by atoms with E-state index in [0.717, 1.165) is 18.2 Å². The fraction of sp³-hybridized carbons (Fsp3) is 0.364. The van der Waals surface area contributed by atoms with Crippen LogP contribution in [0.15, 0.2) is 35.5 Å². The Morgan fingerprint density at radius 3 is 2.86 bits per heavy atom. The summed E-state index contributed by atoms with van der Waals surface area (Å²) >= 11 is 0. The van der Waals surface area contributed by atoms with Crippen molar-refractivity contribution in [2.24, 2.45) is 11.1 Å². The van der Waals surface area contributed by atoms with Crippen LogP contribution in [0.5, 0.6) is 0 Å². The zero-order valence-electron chi connectivity index (χ0n) is 8.02. The van der Waals surface area contributed by atoms with Gasteiger partial charge in [0.05, 0.1) is 0 Å². The van der Waals surface area contributed by atoms with Gasteiger partial charge in [-0.3, -0.25) is 0 Å². The van der Waals surface area contributed by atoms with Gasteiger partial charge in [-0.25, -0.2) is 0 Å². The molecule has 0 amide bonds. The molecule has 2 rings (SSSR count). The van der Waals surface area contributed by atoms with Gasteiger partial charge in [-0.15, -0.1) is 0 Å². The summed E-state index contributed by atoms with van der Waals surface area (Å²) in [5, 5.41) is 6.83. The number of rotatable bonds is 5. The molecule has 3 nitrogen and oxygen atoms in total. The van der Waals surface area contributed by atoms with Gasteiger partial charge < -0.3 is 10.2 Å². The molecule has 14 heavy (non-hydrogen) atoms. The van der Waals surface area contributed by atoms with Crippen molar-refractivity contribution in [2.75, 3.05) is 11.9 Å². The Hall–Kier alpha value is -1.51. The number of oxime groups is 1. The number of benzene rings is 1. The summed E-state index contributed by atoms with van der Waals surface area (Å²) in [5.41, 5.74) is 1.02. The average Bonchev–Trinajstić information content (AvgIpc) is 3.03. The molecule has 0 bridgehead atoms. The van der Waals surface area contributed by atoms with Crippen molar-refractivity contribution in [1.82, 2.24) is 0 Å². The third kappa shape index (κ3) is 3.09. The van der Waals surface area contributed by atoms with E-state index in [9.17, 15) is 0 Å². The monoisotopic (exact) mass is 190 g/mol. The Morgan fingerprint density at radius 1 is 1.36 bits per heavy atom. The summed E-state index contributed by atoms with van der Waals surface area (Å²) in [6.07, 6.45) is 4.17. The molecule has 1 aliphatic rings. The van der Waals surface area contributed by atoms with Crippen LogP contribution in [0.25, 0.3) is 0 Å². The highest BCUT2D eigenvalue weighted by atomic mass is 16.6. The molecule has 1 fully saturated rings. The highest BCUT2D eigenvalue weighted by molar-refractivity contribution is 5.74. The van der Waals surface area contributed by atoms with E-state index in [0.29, 0.717) is 0 Å². The lowest BCUT2D eigenvalue weighted by atomic mass is 10.3. The van der Waals surface area contributed by atoms with Crippen LogP contribution < -0.4 is 5.32 Å². The normalized spacial score (nSPS) is 15.7. The van der Waals surface area contributed by atoms with Crippen molar-refractivity contribution >= 4 is 12.0 Å². The summed E-state index contributed by atoms with van der Waals surface area (Å²) in [6, 6.07) is 9.88. The fourth-order valence-electron chi connectivity index (χ4n) is 1.11. The standard InChI is InChI=1S/C11H14N2O/c1-2-4-11(5-3-1)12-9-13-14-8-10-6-7-10/h1-5,9-10H,6-8H2,(H,12,13). The second-order valence-electron chi connectivity index (χ2n) is 3.48. The van der Waals surface area contributed by atoms with Crippen LogP contribution in [-0.2, 0) is 4.84 Å². The predicted molar refractivity (Wildman–Crippen MR) is 57.2 cm³/mol. The van der Waals surface area contributed by atoms with Gasteiger partial charge in [-0.1, -0.05) is 23.4 Å². The molecular weight excluding hydrogens is 176 g/mol. The van der Waals surface area contributed by atoms with E-state index in [4.69, 9.17) is 4.84 Å². The average molecular weight is 190 g/mol. The van der Waals surface area contributed by atoms with E-state index < -0.39 is 0 Å². The minimum absolute atomic E-state index is 0.754. The number of anilines is 1. The molecule has 0 atom stereocenters. The van der Waals surface area contributed by atoms with Crippen molar-refractivity contribution in [3.8, 4) is 0 Å². The van der Waals surface area contributed by atoms with Gasteiger partial charge in [-0.05, 0) is 30.9 Å². The summed E-state index contributed by atoms with van der Waals surface area (Å²) in [6.45, 7) is 0.757. The van der Waals surface area contributed by atoms with E-state index in [2.05, 4.69) is 10.5 Å². The molecule has 1 N–H and O–H groups in total. The Bertz CT molecular complexity index is 293. The molecule has 0 unspecified atom stereocenters. The second-order valence-corrected chi connectivity index (χ2v) is 3.48. The largest absolute Gasteiger partial charge is 0.394 e. The maximum Gasteiger partial charge on any atom is 0.132 e. The Kier molecular flexibility index (Phi) is 3.01. The first kappa shape index (κ1) is 9.06. The van der Waals surface area contributed by atoms with Crippen molar-refractivity contribution in [1.29, 1.82) is 0 Å². The molecule has 0 saturated heterocycles. The van der Waals surface area contributed by atoms with Gasteiger partial charge >= 0.3 is 0 Å². The molecule has 0 heterocycles. The zero-order valence-corrected chi connectivity index (χ0v) is 8.02. The highest BCUT2D eigenvalue weighted by Gasteiger charge is 2.21. The molecule has 0 aliphatic heterocycles. The van der Waals surface area contributed by atoms with Crippen molar-refractivity contribution in [3.05, 3.63) is 30.3 Å². The van der Waals surface area contributed by atoms with Gasteiger partial charge in [0.25, 0.3) is 0 Å². The topological polar surface area (TPSA) is 33.6 Å². The van der Waals surface area contributed by atoms with Crippen molar-refractivity contribution < 1.29 is 4.84 Å². The van der Waals surface area contributed by atoms with Gasteiger partial charge in [0.2, 0.25) is 0 Å². The highest BCUT2D eigenvalue weighted by Crippen LogP contribution is 2.28. The molecule has 0 aromatic heterocycles. The van der Waals surface area contributed by atoms with Crippen LogP contribution in [0, 0.1) is 5.92 Å². The maximum absolute atomic E-state index is 5.09. The Balaban J connectivity index is 1.65. The minimum Gasteiger partial charge on any atom is -0.394 e. The van der Waals surface area contributed by atoms with E-state index in [1.807, 2.05) is 30.3 Å². The van der Waals surface area contributed by atoms with Gasteiger partial charge in [0, 0.05) is 5.69 Å². The van der Waals surface area contributed by atoms with Gasteiger partial charge in [-0.2, -0.15) is 0 Å². The maximum atomic E-state index is 5.09. The van der Waals surface area contributed by atoms with Gasteiger partial charge in [0.15, 0.2) is 0 Å². The van der Waals surface area contributed by atoms with Crippen molar-refractivity contribution in [3.63, 3.8) is 0 Å². The van der Waals surface area contributed by atoms with Crippen LogP contribution in [0.2, 0.25) is 0 Å². The smallest absolute Gasteiger partial charge is 0.132 e. The summed E-state index contributed by atoms with van der Waals surface area (Å²) in [4.78, 5) is 5.09. The molecule has 3 heteroatoms. The Morgan fingerprint density at radius 2 is 2.14 bits per heavy atom. The van der Waals surface area contributed by atoms with Crippen LogP contribution in [-0.4, -0.2) is 12.9 Å². The third-order valence-corrected chi connectivity index (χ3v) is 2.14. The predicted octanol–water partition coefficient (Wildman–Crippen LogP) is 2.47. The SMILES string of the molecule is C(=NOCC1CC1)Nc1ccccc1. The lowest BCUT2D eigenvalue weighted by Crippen LogP contribution is -1.96. The van der Waals surface area contributed by atoms with Crippen molar-refractivity contribution in [2.45, 2.75) is 12.8 Å². The number of hydrogen-bond acceptors (Lipinski definition) is 2. The number of nitrogens with zero attached hydrogens (tertiary/aromatic N) is 1. The molecule has 1 aliphatic carbocycles. The lowest BCUT2D eigenvalue weighted by molar-refractivity contribution is 0.135. The molecule has 1 aromatic carbocycles. The van der Waals surface area contributed by atoms with E-state index in [1.165, 1.54) is 12.8 Å². The molecule has 1 saturated carbocycles. The number of hydrogen-bond donors (Lipinski definition) is 1. The molecule has 74 valence electrons. The number of nitrogens with one attached hydrogen (secondary N) is 1. The quantitative estimate of drug-likeness (QED) is 0.439. The van der Waals surface area contributed by atoms with Crippen LogP contribution in [0.1, 0.15) is 12.8 Å². The molecule has 1 aromatic rings. The van der Waals surface area contributed by atoms with Crippen LogP contribution >= 0.6 is 0 Å². The second kappa shape index (κ2) is 4.65. The first-order chi connectivity index (χ1) is 6.95. The van der Waals surface area contributed by atoms with Crippen LogP contribution in [0.4, 0.5) is 5.69 Å². The summed E-state index contributed by atoms with van der Waals surface area (Å²) in [5.74, 6) is 0.754. The number of para-hydroxylation sites is 1. The van der Waals surface area contributed by atoms with E-state index in [-0.39, 0.29) is 0 Å². The van der Waals surface area contributed by atoms with Crippen LogP contribution in [0.3, 0.4) is 0 Å². The van der Waals surface area contributed by atoms with E-state index >= 15 is 0 Å². The van der Waals surface area contributed by atoms with Gasteiger partial charge in [0.1, 0.15) is 12.9 Å².